The highest BCUT2D eigenvalue weighted by Gasteiger charge is 2.24. The molecule has 0 unspecified atom stereocenters. The molecular weight excluding hydrogens is 529 g/mol. The van der Waals surface area contributed by atoms with Gasteiger partial charge in [-0.15, -0.1) is 0 Å². The van der Waals surface area contributed by atoms with E-state index in [9.17, 15) is 9.59 Å². The Morgan fingerprint density at radius 2 is 1.62 bits per heavy atom. The number of halogens is 2. The summed E-state index contributed by atoms with van der Waals surface area (Å²) in [5, 5.41) is 2.07. The standard InChI is InChI=1S/C32H35Cl2N3O2/c1-4-23-9-12-25(13-10-23)32(39)37(19-22(2)3)21-31(38)36(20-24-11-14-28(33)29(34)17-24)16-15-26-18-35-30-8-6-5-7-27(26)30/h5-14,17-18,22,35H,4,15-16,19-21H2,1-3H3. The van der Waals surface area contributed by atoms with Crippen LogP contribution >= 0.6 is 23.2 Å². The number of aromatic nitrogens is 1. The molecule has 7 heteroatoms. The number of carbonyl (C=O) groups excluding carboxylic acids is 2. The largest absolute Gasteiger partial charge is 0.361 e. The van der Waals surface area contributed by atoms with E-state index in [0.717, 1.165) is 28.5 Å². The fourth-order valence-electron chi connectivity index (χ4n) is 4.73. The Morgan fingerprint density at radius 1 is 0.897 bits per heavy atom. The van der Waals surface area contributed by atoms with Gasteiger partial charge >= 0.3 is 0 Å². The molecule has 0 spiro atoms. The Labute approximate surface area is 240 Å². The van der Waals surface area contributed by atoms with Crippen LogP contribution in [0, 0.1) is 5.92 Å². The molecule has 0 bridgehead atoms. The van der Waals surface area contributed by atoms with Gasteiger partial charge in [0.25, 0.3) is 5.91 Å². The van der Waals surface area contributed by atoms with E-state index >= 15 is 0 Å². The number of carbonyl (C=O) groups is 2. The molecule has 0 radical (unpaired) electrons. The van der Waals surface area contributed by atoms with Crippen molar-refractivity contribution in [2.75, 3.05) is 19.6 Å². The van der Waals surface area contributed by atoms with Gasteiger partial charge in [-0.05, 0) is 65.8 Å². The van der Waals surface area contributed by atoms with Gasteiger partial charge in [-0.25, -0.2) is 0 Å². The molecule has 0 saturated heterocycles. The third kappa shape index (κ3) is 7.43. The number of benzene rings is 3. The molecule has 0 aliphatic carbocycles. The third-order valence-electron chi connectivity index (χ3n) is 6.84. The number of fused-ring (bicyclic) bond motifs is 1. The summed E-state index contributed by atoms with van der Waals surface area (Å²) in [6, 6.07) is 21.2. The van der Waals surface area contributed by atoms with Crippen molar-refractivity contribution in [2.45, 2.75) is 40.2 Å². The number of aryl methyl sites for hydroxylation is 1. The average Bonchev–Trinajstić information content (AvgIpc) is 3.35. The normalized spacial score (nSPS) is 11.2. The number of hydrogen-bond acceptors (Lipinski definition) is 2. The van der Waals surface area contributed by atoms with Crippen LogP contribution in [-0.2, 0) is 24.2 Å². The van der Waals surface area contributed by atoms with Gasteiger partial charge in [-0.3, -0.25) is 9.59 Å². The maximum atomic E-state index is 13.8. The lowest BCUT2D eigenvalue weighted by atomic mass is 10.1. The van der Waals surface area contributed by atoms with E-state index < -0.39 is 0 Å². The van der Waals surface area contributed by atoms with E-state index in [2.05, 4.69) is 31.8 Å². The lowest BCUT2D eigenvalue weighted by molar-refractivity contribution is -0.132. The number of amides is 2. The topological polar surface area (TPSA) is 56.4 Å². The average molecular weight is 565 g/mol. The van der Waals surface area contributed by atoms with Crippen molar-refractivity contribution in [1.82, 2.24) is 14.8 Å². The highest BCUT2D eigenvalue weighted by atomic mass is 35.5. The molecule has 4 aromatic rings. The molecule has 5 nitrogen and oxygen atoms in total. The Bertz CT molecular complexity index is 1430. The fourth-order valence-corrected chi connectivity index (χ4v) is 5.05. The molecule has 0 aliphatic heterocycles. The zero-order chi connectivity index (χ0) is 27.9. The highest BCUT2D eigenvalue weighted by molar-refractivity contribution is 6.42. The number of nitrogens with zero attached hydrogens (tertiary/aromatic N) is 2. The Balaban J connectivity index is 1.56. The van der Waals surface area contributed by atoms with Crippen LogP contribution in [0.2, 0.25) is 10.0 Å². The number of nitrogens with one attached hydrogen (secondary N) is 1. The molecule has 4 rings (SSSR count). The maximum Gasteiger partial charge on any atom is 0.254 e. The van der Waals surface area contributed by atoms with Crippen LogP contribution in [0.3, 0.4) is 0 Å². The summed E-state index contributed by atoms with van der Waals surface area (Å²) in [5.74, 6) is -0.0303. The van der Waals surface area contributed by atoms with Crippen molar-refractivity contribution < 1.29 is 9.59 Å². The summed E-state index contributed by atoms with van der Waals surface area (Å²) in [7, 11) is 0. The molecule has 0 atom stereocenters. The number of para-hydroxylation sites is 1. The molecule has 204 valence electrons. The van der Waals surface area contributed by atoms with Gasteiger partial charge in [-0.1, -0.05) is 80.4 Å². The molecule has 0 fully saturated rings. The van der Waals surface area contributed by atoms with Crippen molar-refractivity contribution in [3.63, 3.8) is 0 Å². The van der Waals surface area contributed by atoms with Crippen LogP contribution in [0.5, 0.6) is 0 Å². The van der Waals surface area contributed by atoms with Gasteiger partial charge in [0.1, 0.15) is 6.54 Å². The quantitative estimate of drug-likeness (QED) is 0.206. The molecular formula is C32H35Cl2N3O2. The first-order valence-electron chi connectivity index (χ1n) is 13.4. The molecule has 0 aliphatic rings. The van der Waals surface area contributed by atoms with Crippen LogP contribution in [0.25, 0.3) is 10.9 Å². The minimum Gasteiger partial charge on any atom is -0.361 e. The highest BCUT2D eigenvalue weighted by Crippen LogP contribution is 2.24. The number of rotatable bonds is 11. The van der Waals surface area contributed by atoms with Crippen molar-refractivity contribution in [3.8, 4) is 0 Å². The van der Waals surface area contributed by atoms with E-state index in [0.29, 0.717) is 41.7 Å². The van der Waals surface area contributed by atoms with Gasteiger partial charge in [-0.2, -0.15) is 0 Å². The first-order chi connectivity index (χ1) is 18.7. The van der Waals surface area contributed by atoms with Crippen LogP contribution in [-0.4, -0.2) is 46.2 Å². The maximum absolute atomic E-state index is 13.8. The lowest BCUT2D eigenvalue weighted by Gasteiger charge is -2.29. The van der Waals surface area contributed by atoms with Crippen molar-refractivity contribution in [3.05, 3.63) is 105 Å². The molecule has 3 aromatic carbocycles. The van der Waals surface area contributed by atoms with E-state index in [1.807, 2.05) is 59.6 Å². The summed E-state index contributed by atoms with van der Waals surface area (Å²) in [6.07, 6.45) is 3.58. The molecule has 39 heavy (non-hydrogen) atoms. The molecule has 1 aromatic heterocycles. The minimum atomic E-state index is -0.134. The minimum absolute atomic E-state index is 0.00174. The van der Waals surface area contributed by atoms with Gasteiger partial charge in [0, 0.05) is 42.3 Å². The first-order valence-corrected chi connectivity index (χ1v) is 14.2. The van der Waals surface area contributed by atoms with Gasteiger partial charge in [0.05, 0.1) is 10.0 Å². The van der Waals surface area contributed by atoms with Crippen molar-refractivity contribution in [2.24, 2.45) is 5.92 Å². The predicted molar refractivity (Wildman–Crippen MR) is 160 cm³/mol. The summed E-state index contributed by atoms with van der Waals surface area (Å²) >= 11 is 12.4. The summed E-state index contributed by atoms with van der Waals surface area (Å²) in [6.45, 7) is 7.54. The summed E-state index contributed by atoms with van der Waals surface area (Å²) in [5.41, 5.74) is 4.86. The van der Waals surface area contributed by atoms with Crippen molar-refractivity contribution >= 4 is 45.9 Å². The van der Waals surface area contributed by atoms with Crippen molar-refractivity contribution in [1.29, 1.82) is 0 Å². The van der Waals surface area contributed by atoms with E-state index in [1.54, 1.807) is 17.0 Å². The molecule has 0 saturated carbocycles. The van der Waals surface area contributed by atoms with Gasteiger partial charge < -0.3 is 14.8 Å². The van der Waals surface area contributed by atoms with Crippen LogP contribution in [0.4, 0.5) is 0 Å². The fraction of sp³-hybridized carbons (Fsp3) is 0.312. The second-order valence-electron chi connectivity index (χ2n) is 10.3. The molecule has 1 N–H and O–H groups in total. The third-order valence-corrected chi connectivity index (χ3v) is 7.58. The Hall–Kier alpha value is -3.28. The summed E-state index contributed by atoms with van der Waals surface area (Å²) in [4.78, 5) is 34.1. The second kappa shape index (κ2) is 13.2. The number of H-pyrrole nitrogens is 1. The zero-order valence-electron chi connectivity index (χ0n) is 22.7. The second-order valence-corrected chi connectivity index (χ2v) is 11.1. The zero-order valence-corrected chi connectivity index (χ0v) is 24.2. The van der Waals surface area contributed by atoms with Crippen LogP contribution < -0.4 is 0 Å². The predicted octanol–water partition coefficient (Wildman–Crippen LogP) is 7.41. The van der Waals surface area contributed by atoms with E-state index in [4.69, 9.17) is 23.2 Å². The van der Waals surface area contributed by atoms with Crippen LogP contribution in [0.1, 0.15) is 47.8 Å². The Morgan fingerprint density at radius 3 is 2.31 bits per heavy atom. The molecule has 1 heterocycles. The number of aromatic amines is 1. The molecule has 2 amide bonds. The monoisotopic (exact) mass is 563 g/mol. The van der Waals surface area contributed by atoms with Gasteiger partial charge in [0.15, 0.2) is 0 Å². The number of hydrogen-bond donors (Lipinski definition) is 1. The summed E-state index contributed by atoms with van der Waals surface area (Å²) < 4.78 is 0. The lowest BCUT2D eigenvalue weighted by Crippen LogP contribution is -2.44. The SMILES string of the molecule is CCc1ccc(C(=O)N(CC(=O)N(CCc2c[nH]c3ccccc23)Cc2ccc(Cl)c(Cl)c2)CC(C)C)cc1. The van der Waals surface area contributed by atoms with E-state index in [-0.39, 0.29) is 24.3 Å². The van der Waals surface area contributed by atoms with Gasteiger partial charge in [0.2, 0.25) is 5.91 Å². The smallest absolute Gasteiger partial charge is 0.254 e. The first kappa shape index (κ1) is 28.7. The van der Waals surface area contributed by atoms with E-state index in [1.165, 1.54) is 5.56 Å². The van der Waals surface area contributed by atoms with Crippen LogP contribution in [0.15, 0.2) is 72.9 Å². The Kier molecular flexibility index (Phi) is 9.71.